The molecule has 0 radical (unpaired) electrons. The van der Waals surface area contributed by atoms with Crippen molar-refractivity contribution in [3.63, 3.8) is 0 Å². The molecular weight excluding hydrogens is 322 g/mol. The Bertz CT molecular complexity index is 796. The normalized spacial score (nSPS) is 14.1. The van der Waals surface area contributed by atoms with Gasteiger partial charge in [-0.05, 0) is 37.6 Å². The smallest absolute Gasteiger partial charge is 0.241 e. The summed E-state index contributed by atoms with van der Waals surface area (Å²) < 4.78 is 38.3. The molecule has 5 nitrogen and oxygen atoms in total. The molecule has 3 rings (SSSR count). The summed E-state index contributed by atoms with van der Waals surface area (Å²) in [6.45, 7) is 4.98. The average Bonchev–Trinajstić information content (AvgIpc) is 2.85. The van der Waals surface area contributed by atoms with Gasteiger partial charge in [0, 0.05) is 16.3 Å². The predicted octanol–water partition coefficient (Wildman–Crippen LogP) is 2.61. The van der Waals surface area contributed by atoms with Gasteiger partial charge in [-0.2, -0.15) is 0 Å². The van der Waals surface area contributed by atoms with Gasteiger partial charge in [0.2, 0.25) is 10.0 Å². The standard InChI is InChI=1S/C15H17NO4S2/c1-10-7-15(11(2)21-10)22(17,18)16-9-12-3-4-13-14(8-12)20-6-5-19-13/h3-4,7-8,16H,5-6,9H2,1-2H3. The minimum atomic E-state index is -3.50. The third kappa shape index (κ3) is 3.11. The molecule has 118 valence electrons. The second kappa shape index (κ2) is 5.91. The van der Waals surface area contributed by atoms with E-state index in [0.717, 1.165) is 15.3 Å². The summed E-state index contributed by atoms with van der Waals surface area (Å²) >= 11 is 1.48. The number of aryl methyl sites for hydroxylation is 2. The molecule has 0 atom stereocenters. The van der Waals surface area contributed by atoms with E-state index in [9.17, 15) is 8.42 Å². The first-order valence-corrected chi connectivity index (χ1v) is 9.21. The molecule has 0 unspecified atom stereocenters. The fraction of sp³-hybridized carbons (Fsp3) is 0.333. The molecule has 1 aromatic heterocycles. The quantitative estimate of drug-likeness (QED) is 0.930. The van der Waals surface area contributed by atoms with Crippen molar-refractivity contribution in [1.82, 2.24) is 4.72 Å². The summed E-state index contributed by atoms with van der Waals surface area (Å²) in [5, 5.41) is 0. The van der Waals surface area contributed by atoms with Crippen LogP contribution in [0.15, 0.2) is 29.2 Å². The van der Waals surface area contributed by atoms with E-state index in [1.165, 1.54) is 11.3 Å². The van der Waals surface area contributed by atoms with Crippen LogP contribution in [0, 0.1) is 13.8 Å². The maximum Gasteiger partial charge on any atom is 0.241 e. The zero-order valence-corrected chi connectivity index (χ0v) is 14.0. The van der Waals surface area contributed by atoms with Crippen molar-refractivity contribution in [2.24, 2.45) is 0 Å². The van der Waals surface area contributed by atoms with Gasteiger partial charge in [0.1, 0.15) is 13.2 Å². The van der Waals surface area contributed by atoms with Gasteiger partial charge in [-0.3, -0.25) is 0 Å². The van der Waals surface area contributed by atoms with Crippen molar-refractivity contribution in [3.8, 4) is 11.5 Å². The molecule has 0 fully saturated rings. The van der Waals surface area contributed by atoms with Crippen molar-refractivity contribution in [2.45, 2.75) is 25.3 Å². The first kappa shape index (κ1) is 15.3. The topological polar surface area (TPSA) is 64.6 Å². The minimum absolute atomic E-state index is 0.216. The molecule has 0 saturated heterocycles. The molecule has 7 heteroatoms. The van der Waals surface area contributed by atoms with Crippen LogP contribution in [0.3, 0.4) is 0 Å². The lowest BCUT2D eigenvalue weighted by Gasteiger charge is -2.19. The van der Waals surface area contributed by atoms with Crippen molar-refractivity contribution in [3.05, 3.63) is 39.6 Å². The van der Waals surface area contributed by atoms with Gasteiger partial charge in [0.15, 0.2) is 11.5 Å². The van der Waals surface area contributed by atoms with E-state index in [2.05, 4.69) is 4.72 Å². The largest absolute Gasteiger partial charge is 0.486 e. The highest BCUT2D eigenvalue weighted by Crippen LogP contribution is 2.31. The van der Waals surface area contributed by atoms with E-state index in [0.29, 0.717) is 29.6 Å². The van der Waals surface area contributed by atoms with Gasteiger partial charge in [-0.1, -0.05) is 6.07 Å². The molecule has 22 heavy (non-hydrogen) atoms. The first-order valence-electron chi connectivity index (χ1n) is 6.91. The Morgan fingerprint density at radius 2 is 1.86 bits per heavy atom. The second-order valence-electron chi connectivity index (χ2n) is 5.08. The SMILES string of the molecule is Cc1cc(S(=O)(=O)NCc2ccc3c(c2)OCCO3)c(C)s1. The van der Waals surface area contributed by atoms with Gasteiger partial charge in [0.25, 0.3) is 0 Å². The highest BCUT2D eigenvalue weighted by Gasteiger charge is 2.19. The number of hydrogen-bond acceptors (Lipinski definition) is 5. The Labute approximate surface area is 133 Å². The summed E-state index contributed by atoms with van der Waals surface area (Å²) in [5.41, 5.74) is 0.831. The number of ether oxygens (including phenoxy) is 2. The van der Waals surface area contributed by atoms with Gasteiger partial charge in [-0.25, -0.2) is 13.1 Å². The third-order valence-electron chi connectivity index (χ3n) is 3.36. The summed E-state index contributed by atoms with van der Waals surface area (Å²) in [7, 11) is -3.50. The lowest BCUT2D eigenvalue weighted by Crippen LogP contribution is -2.23. The molecule has 1 N–H and O–H groups in total. The second-order valence-corrected chi connectivity index (χ2v) is 8.28. The average molecular weight is 339 g/mol. The number of sulfonamides is 1. The van der Waals surface area contributed by atoms with Gasteiger partial charge in [0.05, 0.1) is 4.90 Å². The minimum Gasteiger partial charge on any atom is -0.486 e. The fourth-order valence-corrected chi connectivity index (χ4v) is 4.90. The van der Waals surface area contributed by atoms with Crippen molar-refractivity contribution in [1.29, 1.82) is 0 Å². The molecule has 1 aliphatic heterocycles. The number of rotatable bonds is 4. The molecule has 0 aliphatic carbocycles. The van der Waals surface area contributed by atoms with Crippen LogP contribution in [-0.4, -0.2) is 21.6 Å². The Morgan fingerprint density at radius 1 is 1.14 bits per heavy atom. The summed E-state index contributed by atoms with van der Waals surface area (Å²) in [4.78, 5) is 2.14. The lowest BCUT2D eigenvalue weighted by molar-refractivity contribution is 0.171. The van der Waals surface area contributed by atoms with E-state index < -0.39 is 10.0 Å². The Hall–Kier alpha value is -1.57. The van der Waals surface area contributed by atoms with E-state index >= 15 is 0 Å². The number of hydrogen-bond donors (Lipinski definition) is 1. The van der Waals surface area contributed by atoms with Crippen LogP contribution in [0.25, 0.3) is 0 Å². The summed E-state index contributed by atoms with van der Waals surface area (Å²) in [6.07, 6.45) is 0. The van der Waals surface area contributed by atoms with Crippen LogP contribution >= 0.6 is 11.3 Å². The van der Waals surface area contributed by atoms with Crippen LogP contribution < -0.4 is 14.2 Å². The Balaban J connectivity index is 1.76. The molecule has 0 amide bonds. The summed E-state index contributed by atoms with van der Waals surface area (Å²) in [5.74, 6) is 1.35. The maximum atomic E-state index is 12.4. The van der Waals surface area contributed by atoms with Crippen molar-refractivity contribution >= 4 is 21.4 Å². The van der Waals surface area contributed by atoms with Gasteiger partial charge < -0.3 is 9.47 Å². The van der Waals surface area contributed by atoms with E-state index in [4.69, 9.17) is 9.47 Å². The Kier molecular flexibility index (Phi) is 4.12. The molecule has 1 aliphatic rings. The highest BCUT2D eigenvalue weighted by atomic mass is 32.2. The highest BCUT2D eigenvalue weighted by molar-refractivity contribution is 7.89. The number of fused-ring (bicyclic) bond motifs is 1. The summed E-state index contributed by atoms with van der Waals surface area (Å²) in [6, 6.07) is 7.15. The van der Waals surface area contributed by atoms with Crippen LogP contribution in [0.5, 0.6) is 11.5 Å². The molecule has 0 saturated carbocycles. The van der Waals surface area contributed by atoms with Crippen LogP contribution in [0.4, 0.5) is 0 Å². The van der Waals surface area contributed by atoms with Gasteiger partial charge >= 0.3 is 0 Å². The molecule has 0 spiro atoms. The van der Waals surface area contributed by atoms with Crippen LogP contribution in [-0.2, 0) is 16.6 Å². The van der Waals surface area contributed by atoms with E-state index in [1.54, 1.807) is 12.1 Å². The third-order valence-corrected chi connectivity index (χ3v) is 5.98. The maximum absolute atomic E-state index is 12.4. The number of thiophene rings is 1. The number of nitrogens with one attached hydrogen (secondary N) is 1. The first-order chi connectivity index (χ1) is 10.5. The monoisotopic (exact) mass is 339 g/mol. The molecule has 2 heterocycles. The zero-order chi connectivity index (χ0) is 15.7. The van der Waals surface area contributed by atoms with E-state index in [1.807, 2.05) is 26.0 Å². The molecule has 2 aromatic rings. The van der Waals surface area contributed by atoms with Crippen molar-refractivity contribution in [2.75, 3.05) is 13.2 Å². The molecule has 0 bridgehead atoms. The van der Waals surface area contributed by atoms with Crippen molar-refractivity contribution < 1.29 is 17.9 Å². The Morgan fingerprint density at radius 3 is 2.55 bits per heavy atom. The van der Waals surface area contributed by atoms with Crippen LogP contribution in [0.2, 0.25) is 0 Å². The zero-order valence-electron chi connectivity index (χ0n) is 12.4. The van der Waals surface area contributed by atoms with Gasteiger partial charge in [-0.15, -0.1) is 11.3 Å². The number of benzene rings is 1. The fourth-order valence-electron chi connectivity index (χ4n) is 2.33. The predicted molar refractivity (Wildman–Crippen MR) is 85.3 cm³/mol. The molecule has 1 aromatic carbocycles. The molecular formula is C15H17NO4S2. The van der Waals surface area contributed by atoms with Crippen LogP contribution in [0.1, 0.15) is 15.3 Å². The lowest BCUT2D eigenvalue weighted by atomic mass is 10.2. The van der Waals surface area contributed by atoms with E-state index in [-0.39, 0.29) is 6.54 Å².